The van der Waals surface area contributed by atoms with Crippen LogP contribution in [0, 0.1) is 0 Å². The van der Waals surface area contributed by atoms with E-state index >= 15 is 0 Å². The number of anilines is 1. The number of rotatable bonds is 6. The normalized spacial score (nSPS) is 15.5. The summed E-state index contributed by atoms with van der Waals surface area (Å²) in [4.78, 5) is 29.0. The number of urea groups is 1. The van der Waals surface area contributed by atoms with Crippen molar-refractivity contribution < 1.29 is 9.53 Å². The Morgan fingerprint density at radius 3 is 2.23 bits per heavy atom. The molecule has 31 heavy (non-hydrogen) atoms. The number of ether oxygens (including phenoxy) is 1. The Hall–Kier alpha value is -3.36. The third kappa shape index (κ3) is 4.70. The van der Waals surface area contributed by atoms with E-state index < -0.39 is 6.03 Å². The van der Waals surface area contributed by atoms with Gasteiger partial charge in [0.1, 0.15) is 5.82 Å². The molecular weight excluding hydrogens is 392 g/mol. The van der Waals surface area contributed by atoms with Crippen LogP contribution in [0.15, 0.2) is 67.3 Å². The summed E-state index contributed by atoms with van der Waals surface area (Å²) in [5.74, 6) is 0.460. The highest BCUT2D eigenvalue weighted by atomic mass is 16.5. The molecule has 0 aliphatic carbocycles. The van der Waals surface area contributed by atoms with Gasteiger partial charge in [-0.15, -0.1) is 0 Å². The van der Waals surface area contributed by atoms with Gasteiger partial charge in [0, 0.05) is 50.8 Å². The van der Waals surface area contributed by atoms with Gasteiger partial charge in [-0.05, 0) is 35.4 Å². The molecule has 1 atom stereocenters. The SMILES string of the molecule is CN(C(N)=O)c1cccc(C(C(c2cccnc2)c2cccnc2)N2CCOCC2)n1. The zero-order chi connectivity index (χ0) is 21.6. The summed E-state index contributed by atoms with van der Waals surface area (Å²) in [6.45, 7) is 2.87. The molecule has 8 nitrogen and oxygen atoms in total. The molecule has 4 rings (SSSR count). The number of nitrogens with zero attached hydrogens (tertiary/aromatic N) is 5. The van der Waals surface area contributed by atoms with Crippen molar-refractivity contribution in [2.75, 3.05) is 38.3 Å². The fourth-order valence-electron chi connectivity index (χ4n) is 4.01. The molecule has 0 aromatic carbocycles. The third-order valence-corrected chi connectivity index (χ3v) is 5.58. The van der Waals surface area contributed by atoms with Crippen molar-refractivity contribution in [3.05, 3.63) is 84.1 Å². The van der Waals surface area contributed by atoms with Crippen LogP contribution in [0.4, 0.5) is 10.6 Å². The molecule has 1 aliphatic heterocycles. The molecule has 8 heteroatoms. The number of nitrogens with two attached hydrogens (primary N) is 1. The van der Waals surface area contributed by atoms with Crippen molar-refractivity contribution in [1.82, 2.24) is 19.9 Å². The lowest BCUT2D eigenvalue weighted by Gasteiger charge is -2.39. The average Bonchev–Trinajstić information content (AvgIpc) is 2.83. The van der Waals surface area contributed by atoms with Gasteiger partial charge >= 0.3 is 6.03 Å². The van der Waals surface area contributed by atoms with E-state index in [-0.39, 0.29) is 12.0 Å². The van der Waals surface area contributed by atoms with Gasteiger partial charge in [0.25, 0.3) is 0 Å². The molecular formula is C23H26N6O2. The van der Waals surface area contributed by atoms with E-state index in [0.29, 0.717) is 19.0 Å². The zero-order valence-electron chi connectivity index (χ0n) is 17.5. The van der Waals surface area contributed by atoms with Gasteiger partial charge in [0.15, 0.2) is 0 Å². The van der Waals surface area contributed by atoms with Crippen molar-refractivity contribution in [1.29, 1.82) is 0 Å². The van der Waals surface area contributed by atoms with Crippen molar-refractivity contribution in [2.24, 2.45) is 5.73 Å². The van der Waals surface area contributed by atoms with Gasteiger partial charge in [-0.3, -0.25) is 19.8 Å². The molecule has 0 bridgehead atoms. The fraction of sp³-hybridized carbons (Fsp3) is 0.304. The van der Waals surface area contributed by atoms with E-state index in [4.69, 9.17) is 15.5 Å². The number of carbonyl (C=O) groups is 1. The van der Waals surface area contributed by atoms with Crippen LogP contribution in [0.5, 0.6) is 0 Å². The summed E-state index contributed by atoms with van der Waals surface area (Å²) < 4.78 is 5.61. The first kappa shape index (κ1) is 20.9. The van der Waals surface area contributed by atoms with Gasteiger partial charge in [-0.2, -0.15) is 0 Å². The van der Waals surface area contributed by atoms with Crippen LogP contribution in [-0.4, -0.2) is 59.2 Å². The Kier molecular flexibility index (Phi) is 6.49. The smallest absolute Gasteiger partial charge is 0.320 e. The summed E-state index contributed by atoms with van der Waals surface area (Å²) in [6.07, 6.45) is 7.33. The van der Waals surface area contributed by atoms with Crippen molar-refractivity contribution in [2.45, 2.75) is 12.0 Å². The first-order chi connectivity index (χ1) is 15.1. The molecule has 1 saturated heterocycles. The van der Waals surface area contributed by atoms with E-state index in [1.54, 1.807) is 25.5 Å². The van der Waals surface area contributed by atoms with E-state index in [0.717, 1.165) is 29.9 Å². The van der Waals surface area contributed by atoms with Crippen LogP contribution in [0.25, 0.3) is 0 Å². The number of hydrogen-bond donors (Lipinski definition) is 1. The second-order valence-corrected chi connectivity index (χ2v) is 7.46. The predicted molar refractivity (Wildman–Crippen MR) is 118 cm³/mol. The lowest BCUT2D eigenvalue weighted by atomic mass is 9.83. The number of carbonyl (C=O) groups excluding carboxylic acids is 1. The number of pyridine rings is 3. The van der Waals surface area contributed by atoms with Crippen LogP contribution >= 0.6 is 0 Å². The largest absolute Gasteiger partial charge is 0.379 e. The number of amides is 2. The van der Waals surface area contributed by atoms with Crippen LogP contribution in [0.2, 0.25) is 0 Å². The molecule has 0 saturated carbocycles. The first-order valence-corrected chi connectivity index (χ1v) is 10.3. The van der Waals surface area contributed by atoms with Crippen molar-refractivity contribution in [3.8, 4) is 0 Å². The van der Waals surface area contributed by atoms with Gasteiger partial charge in [-0.1, -0.05) is 18.2 Å². The summed E-state index contributed by atoms with van der Waals surface area (Å²) in [6, 6.07) is 13.1. The Balaban J connectivity index is 1.85. The Bertz CT molecular complexity index is 956. The van der Waals surface area contributed by atoms with Crippen molar-refractivity contribution in [3.63, 3.8) is 0 Å². The summed E-state index contributed by atoms with van der Waals surface area (Å²) in [5, 5.41) is 0. The number of primary amides is 1. The molecule has 2 amide bonds. The predicted octanol–water partition coefficient (Wildman–Crippen LogP) is 2.59. The van der Waals surface area contributed by atoms with Gasteiger partial charge in [-0.25, -0.2) is 9.78 Å². The van der Waals surface area contributed by atoms with Crippen LogP contribution in [-0.2, 0) is 4.74 Å². The molecule has 0 radical (unpaired) electrons. The summed E-state index contributed by atoms with van der Waals surface area (Å²) in [5.41, 5.74) is 8.48. The first-order valence-electron chi connectivity index (χ1n) is 10.3. The second kappa shape index (κ2) is 9.63. The minimum absolute atomic E-state index is 0.0536. The number of morpholine rings is 1. The maximum atomic E-state index is 11.7. The lowest BCUT2D eigenvalue weighted by Crippen LogP contribution is -2.42. The monoisotopic (exact) mass is 418 g/mol. The summed E-state index contributed by atoms with van der Waals surface area (Å²) in [7, 11) is 1.62. The maximum absolute atomic E-state index is 11.7. The molecule has 1 fully saturated rings. The van der Waals surface area contributed by atoms with E-state index in [1.165, 1.54) is 4.90 Å². The molecule has 3 aromatic rings. The molecule has 0 spiro atoms. The van der Waals surface area contributed by atoms with Gasteiger partial charge in [0.2, 0.25) is 0 Å². The average molecular weight is 419 g/mol. The molecule has 2 N–H and O–H groups in total. The maximum Gasteiger partial charge on any atom is 0.320 e. The standard InChI is InChI=1S/C23H26N6O2/c1-28(23(24)30)20-8-2-7-19(27-20)22(29-11-13-31-14-12-29)21(17-5-3-9-25-15-17)18-6-4-10-26-16-18/h2-10,15-16,21-22H,11-14H2,1H3,(H2,24,30). The Morgan fingerprint density at radius 1 is 1.03 bits per heavy atom. The quantitative estimate of drug-likeness (QED) is 0.661. The van der Waals surface area contributed by atoms with Crippen LogP contribution in [0.1, 0.15) is 28.8 Å². The van der Waals surface area contributed by atoms with Gasteiger partial charge < -0.3 is 10.5 Å². The number of hydrogen-bond acceptors (Lipinski definition) is 6. The highest BCUT2D eigenvalue weighted by molar-refractivity contribution is 5.88. The summed E-state index contributed by atoms with van der Waals surface area (Å²) >= 11 is 0. The van der Waals surface area contributed by atoms with Gasteiger partial charge in [0.05, 0.1) is 24.9 Å². The van der Waals surface area contributed by atoms with E-state index in [1.807, 2.05) is 36.7 Å². The molecule has 160 valence electrons. The number of aromatic nitrogens is 3. The fourth-order valence-corrected chi connectivity index (χ4v) is 4.01. The van der Waals surface area contributed by atoms with Crippen molar-refractivity contribution >= 4 is 11.8 Å². The van der Waals surface area contributed by atoms with Crippen LogP contribution in [0.3, 0.4) is 0 Å². The zero-order valence-corrected chi connectivity index (χ0v) is 17.5. The molecule has 3 aromatic heterocycles. The molecule has 4 heterocycles. The van der Waals surface area contributed by atoms with E-state index in [2.05, 4.69) is 27.0 Å². The molecule has 1 unspecified atom stereocenters. The Labute approximate surface area is 181 Å². The highest BCUT2D eigenvalue weighted by Crippen LogP contribution is 2.40. The van der Waals surface area contributed by atoms with E-state index in [9.17, 15) is 4.79 Å². The minimum atomic E-state index is -0.552. The van der Waals surface area contributed by atoms with Crippen LogP contribution < -0.4 is 10.6 Å². The Morgan fingerprint density at radius 2 is 1.68 bits per heavy atom. The lowest BCUT2D eigenvalue weighted by molar-refractivity contribution is 0.0115. The minimum Gasteiger partial charge on any atom is -0.379 e. The third-order valence-electron chi connectivity index (χ3n) is 5.58. The second-order valence-electron chi connectivity index (χ2n) is 7.46. The molecule has 1 aliphatic rings. The topological polar surface area (TPSA) is 97.5 Å². The highest BCUT2D eigenvalue weighted by Gasteiger charge is 2.34.